The number of carbonyl (C=O) groups excluding carboxylic acids is 1. The number of aromatic nitrogens is 2. The Morgan fingerprint density at radius 1 is 1.65 bits per heavy atom. The lowest BCUT2D eigenvalue weighted by atomic mass is 10.0. The quantitative estimate of drug-likeness (QED) is 0.938. The highest BCUT2D eigenvalue weighted by atomic mass is 32.1. The van der Waals surface area contributed by atoms with Gasteiger partial charge in [-0.1, -0.05) is 13.0 Å². The largest absolute Gasteiger partial charge is 0.351 e. The van der Waals surface area contributed by atoms with Gasteiger partial charge in [-0.2, -0.15) is 0 Å². The highest BCUT2D eigenvalue weighted by Crippen LogP contribution is 2.16. The third-order valence-electron chi connectivity index (χ3n) is 3.82. The number of imidazole rings is 1. The molecule has 0 aromatic carbocycles. The van der Waals surface area contributed by atoms with Crippen molar-refractivity contribution in [3.05, 3.63) is 40.6 Å². The van der Waals surface area contributed by atoms with Crippen molar-refractivity contribution in [2.75, 3.05) is 0 Å². The van der Waals surface area contributed by atoms with Gasteiger partial charge in [-0.05, 0) is 24.3 Å². The van der Waals surface area contributed by atoms with E-state index in [2.05, 4.69) is 26.3 Å². The molecule has 0 radical (unpaired) electrons. The minimum atomic E-state index is 0.0258. The van der Waals surface area contributed by atoms with Gasteiger partial charge in [-0.25, -0.2) is 4.98 Å². The van der Waals surface area contributed by atoms with Crippen molar-refractivity contribution in [2.24, 2.45) is 5.92 Å². The van der Waals surface area contributed by atoms with E-state index in [1.807, 2.05) is 25.4 Å². The van der Waals surface area contributed by atoms with Gasteiger partial charge in [0.25, 0.3) is 0 Å². The summed E-state index contributed by atoms with van der Waals surface area (Å²) in [5, 5.41) is 5.24. The lowest BCUT2D eigenvalue weighted by molar-refractivity contribution is -0.125. The lowest BCUT2D eigenvalue weighted by Crippen LogP contribution is -2.43. The summed E-state index contributed by atoms with van der Waals surface area (Å²) in [5.74, 6) is 1.31. The third kappa shape index (κ3) is 2.93. The van der Waals surface area contributed by atoms with Gasteiger partial charge < -0.3 is 9.88 Å². The van der Waals surface area contributed by atoms with Gasteiger partial charge in [0, 0.05) is 42.2 Å². The van der Waals surface area contributed by atoms with Crippen molar-refractivity contribution in [2.45, 2.75) is 38.8 Å². The molecule has 0 aliphatic carbocycles. The number of hydrogen-bond donors (Lipinski definition) is 1. The van der Waals surface area contributed by atoms with E-state index in [-0.39, 0.29) is 17.9 Å². The molecule has 0 saturated carbocycles. The van der Waals surface area contributed by atoms with Crippen LogP contribution in [0.2, 0.25) is 0 Å². The smallest absolute Gasteiger partial charge is 0.223 e. The summed E-state index contributed by atoms with van der Waals surface area (Å²) in [5.41, 5.74) is 0. The minimum Gasteiger partial charge on any atom is -0.351 e. The third-order valence-corrected chi connectivity index (χ3v) is 4.72. The van der Waals surface area contributed by atoms with Crippen molar-refractivity contribution in [3.8, 4) is 0 Å². The molecule has 0 saturated heterocycles. The fourth-order valence-corrected chi connectivity index (χ4v) is 3.49. The summed E-state index contributed by atoms with van der Waals surface area (Å²) in [7, 11) is 0. The molecule has 1 amide bonds. The summed E-state index contributed by atoms with van der Waals surface area (Å²) in [6.45, 7) is 2.84. The van der Waals surface area contributed by atoms with Gasteiger partial charge in [-0.3, -0.25) is 4.79 Å². The maximum absolute atomic E-state index is 12.3. The fraction of sp³-hybridized carbons (Fsp3) is 0.467. The monoisotopic (exact) mass is 289 g/mol. The number of rotatable bonds is 4. The van der Waals surface area contributed by atoms with Crippen LogP contribution in [-0.4, -0.2) is 21.5 Å². The summed E-state index contributed by atoms with van der Waals surface area (Å²) in [6.07, 6.45) is 6.57. The van der Waals surface area contributed by atoms with Gasteiger partial charge in [-0.15, -0.1) is 11.3 Å². The maximum atomic E-state index is 12.3. The molecule has 3 rings (SSSR count). The van der Waals surface area contributed by atoms with Crippen LogP contribution in [0.5, 0.6) is 0 Å². The number of amides is 1. The van der Waals surface area contributed by atoms with Gasteiger partial charge in [0.05, 0.1) is 0 Å². The van der Waals surface area contributed by atoms with Crippen molar-refractivity contribution < 1.29 is 4.79 Å². The Hall–Kier alpha value is -1.62. The second kappa shape index (κ2) is 5.79. The van der Waals surface area contributed by atoms with Crippen LogP contribution < -0.4 is 5.32 Å². The second-order valence-corrected chi connectivity index (χ2v) is 6.46. The predicted octanol–water partition coefficient (Wildman–Crippen LogP) is 2.25. The maximum Gasteiger partial charge on any atom is 0.223 e. The first-order valence-electron chi connectivity index (χ1n) is 7.05. The van der Waals surface area contributed by atoms with E-state index in [0.29, 0.717) is 0 Å². The average Bonchev–Trinajstić information content (AvgIpc) is 3.08. The molecule has 106 valence electrons. The van der Waals surface area contributed by atoms with Crippen LogP contribution in [0, 0.1) is 5.92 Å². The topological polar surface area (TPSA) is 46.9 Å². The highest BCUT2D eigenvalue weighted by molar-refractivity contribution is 7.09. The number of nitrogens with zero attached hydrogens (tertiary/aromatic N) is 2. The zero-order valence-electron chi connectivity index (χ0n) is 11.6. The van der Waals surface area contributed by atoms with E-state index in [9.17, 15) is 4.79 Å². The van der Waals surface area contributed by atoms with Gasteiger partial charge >= 0.3 is 0 Å². The van der Waals surface area contributed by atoms with Gasteiger partial charge in [0.1, 0.15) is 5.82 Å². The molecule has 1 N–H and O–H groups in total. The van der Waals surface area contributed by atoms with Gasteiger partial charge in [0.2, 0.25) is 5.91 Å². The predicted molar refractivity (Wildman–Crippen MR) is 79.7 cm³/mol. The molecule has 1 aliphatic rings. The SMILES string of the molecule is C[C@H](Cc1cccs1)C(=O)N[C@H]1CCc2nccn2C1. The first kappa shape index (κ1) is 13.4. The van der Waals surface area contributed by atoms with Crippen LogP contribution in [0.1, 0.15) is 24.0 Å². The Morgan fingerprint density at radius 2 is 2.55 bits per heavy atom. The molecule has 0 bridgehead atoms. The molecule has 3 heterocycles. The fourth-order valence-electron chi connectivity index (χ4n) is 2.65. The van der Waals surface area contributed by atoms with Crippen molar-refractivity contribution in [1.82, 2.24) is 14.9 Å². The number of fused-ring (bicyclic) bond motifs is 1. The summed E-state index contributed by atoms with van der Waals surface area (Å²) < 4.78 is 2.14. The standard InChI is InChI=1S/C15H19N3OS/c1-11(9-13-3-2-8-20-13)15(19)17-12-4-5-14-16-6-7-18(14)10-12/h2-3,6-8,11-12H,4-5,9-10H2,1H3,(H,17,19)/t11-,12+/m1/s1. The molecule has 2 atom stereocenters. The molecule has 20 heavy (non-hydrogen) atoms. The zero-order chi connectivity index (χ0) is 13.9. The molecule has 0 spiro atoms. The van der Waals surface area contributed by atoms with Crippen LogP contribution in [0.15, 0.2) is 29.9 Å². The van der Waals surface area contributed by atoms with Crippen molar-refractivity contribution in [1.29, 1.82) is 0 Å². The van der Waals surface area contributed by atoms with Crippen LogP contribution in [0.25, 0.3) is 0 Å². The van der Waals surface area contributed by atoms with Crippen LogP contribution in [-0.2, 0) is 24.2 Å². The Morgan fingerprint density at radius 3 is 3.35 bits per heavy atom. The number of aryl methyl sites for hydroxylation is 1. The molecule has 1 aliphatic heterocycles. The van der Waals surface area contributed by atoms with Crippen LogP contribution >= 0.6 is 11.3 Å². The second-order valence-electron chi connectivity index (χ2n) is 5.42. The molecule has 0 unspecified atom stereocenters. The minimum absolute atomic E-state index is 0.0258. The van der Waals surface area contributed by atoms with Gasteiger partial charge in [0.15, 0.2) is 0 Å². The van der Waals surface area contributed by atoms with E-state index in [1.54, 1.807) is 11.3 Å². The number of carbonyl (C=O) groups is 1. The molecule has 2 aromatic heterocycles. The summed E-state index contributed by atoms with van der Waals surface area (Å²) >= 11 is 1.71. The molecule has 0 fully saturated rings. The van der Waals surface area contributed by atoms with E-state index >= 15 is 0 Å². The van der Waals surface area contributed by atoms with Crippen LogP contribution in [0.4, 0.5) is 0 Å². The van der Waals surface area contributed by atoms with E-state index in [4.69, 9.17) is 0 Å². The van der Waals surface area contributed by atoms with Crippen molar-refractivity contribution in [3.63, 3.8) is 0 Å². The normalized spacial score (nSPS) is 19.4. The first-order chi connectivity index (χ1) is 9.72. The Labute approximate surface area is 122 Å². The number of hydrogen-bond acceptors (Lipinski definition) is 3. The average molecular weight is 289 g/mol. The zero-order valence-corrected chi connectivity index (χ0v) is 12.4. The molecular weight excluding hydrogens is 270 g/mol. The lowest BCUT2D eigenvalue weighted by Gasteiger charge is -2.26. The highest BCUT2D eigenvalue weighted by Gasteiger charge is 2.22. The van der Waals surface area contributed by atoms with E-state index in [1.165, 1.54) is 4.88 Å². The Bertz CT molecular complexity index is 576. The number of thiophene rings is 1. The Kier molecular flexibility index (Phi) is 3.87. The number of nitrogens with one attached hydrogen (secondary N) is 1. The molecule has 4 nitrogen and oxygen atoms in total. The summed E-state index contributed by atoms with van der Waals surface area (Å²) in [4.78, 5) is 17.8. The molecule has 2 aromatic rings. The van der Waals surface area contributed by atoms with Crippen LogP contribution in [0.3, 0.4) is 0 Å². The Balaban J connectivity index is 1.54. The van der Waals surface area contributed by atoms with E-state index < -0.39 is 0 Å². The summed E-state index contributed by atoms with van der Waals surface area (Å²) in [6, 6.07) is 4.36. The molecular formula is C15H19N3OS. The van der Waals surface area contributed by atoms with E-state index in [0.717, 1.165) is 31.6 Å². The first-order valence-corrected chi connectivity index (χ1v) is 7.93. The molecule has 5 heteroatoms. The van der Waals surface area contributed by atoms with Crippen molar-refractivity contribution >= 4 is 17.2 Å².